The first kappa shape index (κ1) is 15.2. The fraction of sp³-hybridized carbons (Fsp3) is 0.333. The van der Waals surface area contributed by atoms with Crippen LogP contribution in [0.25, 0.3) is 0 Å². The van der Waals surface area contributed by atoms with Crippen LogP contribution in [0, 0.1) is 0 Å². The van der Waals surface area contributed by atoms with Crippen molar-refractivity contribution in [1.82, 2.24) is 4.98 Å². The average molecular weight is 307 g/mol. The fourth-order valence-electron chi connectivity index (χ4n) is 1.21. The van der Waals surface area contributed by atoms with Gasteiger partial charge in [-0.3, -0.25) is 9.59 Å². The maximum atomic E-state index is 11.4. The molecule has 0 spiro atoms. The smallest absolute Gasteiger partial charge is 0.351 e. The maximum Gasteiger partial charge on any atom is 0.351 e. The monoisotopic (exact) mass is 306 g/mol. The summed E-state index contributed by atoms with van der Waals surface area (Å²) in [4.78, 5) is 38.4. The van der Waals surface area contributed by atoms with Crippen LogP contribution in [0.1, 0.15) is 9.67 Å². The van der Waals surface area contributed by atoms with E-state index in [0.717, 1.165) is 11.3 Å². The van der Waals surface area contributed by atoms with Crippen LogP contribution in [0.4, 0.5) is 5.13 Å². The first-order chi connectivity index (χ1) is 8.85. The molecule has 0 aliphatic rings. The minimum atomic E-state index is -0.674. The quantitative estimate of drug-likeness (QED) is 0.673. The summed E-state index contributed by atoms with van der Waals surface area (Å²) in [6, 6.07) is 0. The van der Waals surface area contributed by atoms with Crippen LogP contribution in [0.15, 0.2) is 0 Å². The van der Waals surface area contributed by atoms with Crippen molar-refractivity contribution in [3.05, 3.63) is 10.0 Å². The zero-order valence-corrected chi connectivity index (χ0v) is 11.5. The normalized spacial score (nSPS) is 10.0. The molecule has 1 heterocycles. The molecule has 0 unspecified atom stereocenters. The van der Waals surface area contributed by atoms with E-state index in [1.54, 1.807) is 0 Å². The molecule has 1 aromatic rings. The van der Waals surface area contributed by atoms with Crippen molar-refractivity contribution in [3.63, 3.8) is 0 Å². The maximum absolute atomic E-state index is 11.4. The molecule has 0 fully saturated rings. The lowest BCUT2D eigenvalue weighted by Gasteiger charge is -2.17. The lowest BCUT2D eigenvalue weighted by atomic mass is 10.5. The van der Waals surface area contributed by atoms with E-state index in [-0.39, 0.29) is 28.3 Å². The van der Waals surface area contributed by atoms with Crippen molar-refractivity contribution < 1.29 is 19.1 Å². The molecule has 0 aliphatic heterocycles. The lowest BCUT2D eigenvalue weighted by Crippen LogP contribution is -2.39. The number of rotatable bonds is 6. The van der Waals surface area contributed by atoms with E-state index >= 15 is 0 Å². The van der Waals surface area contributed by atoms with Crippen molar-refractivity contribution in [3.8, 4) is 0 Å². The highest BCUT2D eigenvalue weighted by Crippen LogP contribution is 2.29. The second kappa shape index (κ2) is 6.34. The van der Waals surface area contributed by atoms with Crippen LogP contribution in [-0.4, -0.2) is 43.0 Å². The van der Waals surface area contributed by atoms with Crippen molar-refractivity contribution in [1.29, 1.82) is 0 Å². The highest BCUT2D eigenvalue weighted by Gasteiger charge is 2.22. The van der Waals surface area contributed by atoms with Crippen LogP contribution >= 0.6 is 22.9 Å². The number of primary amides is 2. The van der Waals surface area contributed by atoms with Gasteiger partial charge in [0.25, 0.3) is 0 Å². The number of aromatic nitrogens is 1. The molecule has 104 valence electrons. The summed E-state index contributed by atoms with van der Waals surface area (Å²) in [5.74, 6) is -2.01. The molecule has 2 amide bonds. The molecule has 0 aliphatic carbocycles. The first-order valence-corrected chi connectivity index (χ1v) is 6.10. The summed E-state index contributed by atoms with van der Waals surface area (Å²) in [7, 11) is 1.20. The number of anilines is 1. The summed E-state index contributed by atoms with van der Waals surface area (Å²) in [5.41, 5.74) is 10.1. The molecule has 0 bridgehead atoms. The number of amides is 2. The largest absolute Gasteiger partial charge is 0.465 e. The summed E-state index contributed by atoms with van der Waals surface area (Å²) in [5, 5.41) is 0.105. The van der Waals surface area contributed by atoms with Crippen molar-refractivity contribution in [2.24, 2.45) is 11.5 Å². The standard InChI is InChI=1S/C9H11ClN4O4S/c1-18-8(17)6-7(10)13-9(19-6)14(2-4(11)15)3-5(12)16/h2-3H2,1H3,(H2,11,15)(H2,12,16). The highest BCUT2D eigenvalue weighted by atomic mass is 35.5. The van der Waals surface area contributed by atoms with Crippen LogP contribution in [0.5, 0.6) is 0 Å². The summed E-state index contributed by atoms with van der Waals surface area (Å²) < 4.78 is 4.52. The van der Waals surface area contributed by atoms with Gasteiger partial charge in [-0.1, -0.05) is 22.9 Å². The van der Waals surface area contributed by atoms with Crippen LogP contribution < -0.4 is 16.4 Å². The number of carbonyl (C=O) groups excluding carboxylic acids is 3. The lowest BCUT2D eigenvalue weighted by molar-refractivity contribution is -0.117. The molecule has 1 rings (SSSR count). The molecule has 0 saturated heterocycles. The van der Waals surface area contributed by atoms with Gasteiger partial charge in [0.2, 0.25) is 11.8 Å². The molecular weight excluding hydrogens is 296 g/mol. The number of thiazole rings is 1. The van der Waals surface area contributed by atoms with E-state index in [1.807, 2.05) is 0 Å². The van der Waals surface area contributed by atoms with Gasteiger partial charge in [0.05, 0.1) is 20.2 Å². The molecule has 0 radical (unpaired) electrons. The Bertz CT molecular complexity index is 502. The van der Waals surface area contributed by atoms with E-state index in [4.69, 9.17) is 23.1 Å². The number of methoxy groups -OCH3 is 1. The van der Waals surface area contributed by atoms with Gasteiger partial charge in [0, 0.05) is 0 Å². The van der Waals surface area contributed by atoms with Gasteiger partial charge >= 0.3 is 5.97 Å². The highest BCUT2D eigenvalue weighted by molar-refractivity contribution is 7.18. The molecule has 1 aromatic heterocycles. The Morgan fingerprint density at radius 3 is 2.26 bits per heavy atom. The molecule has 0 aromatic carbocycles. The predicted octanol–water partition coefficient (Wildman–Crippen LogP) is -0.640. The number of hydrogen-bond donors (Lipinski definition) is 2. The summed E-state index contributed by atoms with van der Waals surface area (Å²) in [6.07, 6.45) is 0. The van der Waals surface area contributed by atoms with Crippen LogP contribution in [0.2, 0.25) is 5.15 Å². The third kappa shape index (κ3) is 4.07. The Morgan fingerprint density at radius 1 is 1.32 bits per heavy atom. The fourth-order valence-corrected chi connectivity index (χ4v) is 2.41. The van der Waals surface area contributed by atoms with E-state index in [2.05, 4.69) is 9.72 Å². The Hall–Kier alpha value is -1.87. The number of carbonyl (C=O) groups is 3. The van der Waals surface area contributed by atoms with Crippen molar-refractivity contribution in [2.45, 2.75) is 0 Å². The molecule has 19 heavy (non-hydrogen) atoms. The molecule has 10 heteroatoms. The van der Waals surface area contributed by atoms with Gasteiger partial charge in [-0.2, -0.15) is 0 Å². The van der Waals surface area contributed by atoms with Crippen LogP contribution in [-0.2, 0) is 14.3 Å². The molecule has 0 saturated carbocycles. The van der Waals surface area contributed by atoms with Crippen molar-refractivity contribution in [2.75, 3.05) is 25.1 Å². The summed E-state index contributed by atoms with van der Waals surface area (Å²) in [6.45, 7) is -0.541. The van der Waals surface area contributed by atoms with Gasteiger partial charge in [-0.15, -0.1) is 0 Å². The third-order valence-electron chi connectivity index (χ3n) is 1.91. The Kier molecular flexibility index (Phi) is 5.07. The van der Waals surface area contributed by atoms with E-state index in [0.29, 0.717) is 0 Å². The Balaban J connectivity index is 3.05. The van der Waals surface area contributed by atoms with Crippen molar-refractivity contribution >= 4 is 45.9 Å². The second-order valence-corrected chi connectivity index (χ2v) is 4.73. The number of hydrogen-bond acceptors (Lipinski definition) is 7. The van der Waals surface area contributed by atoms with Gasteiger partial charge < -0.3 is 21.1 Å². The molecule has 4 N–H and O–H groups in total. The number of esters is 1. The number of halogens is 1. The van der Waals surface area contributed by atoms with Gasteiger partial charge in [-0.25, -0.2) is 9.78 Å². The van der Waals surface area contributed by atoms with Crippen LogP contribution in [0.3, 0.4) is 0 Å². The van der Waals surface area contributed by atoms with Gasteiger partial charge in [0.15, 0.2) is 15.2 Å². The Labute approximate surface area is 117 Å². The van der Waals surface area contributed by atoms with E-state index < -0.39 is 17.8 Å². The number of ether oxygens (including phenoxy) is 1. The molecular formula is C9H11ClN4O4S. The predicted molar refractivity (Wildman–Crippen MR) is 69.1 cm³/mol. The minimum Gasteiger partial charge on any atom is -0.465 e. The zero-order chi connectivity index (χ0) is 14.6. The average Bonchev–Trinajstić information content (AvgIpc) is 2.68. The topological polar surface area (TPSA) is 129 Å². The molecule has 0 atom stereocenters. The van der Waals surface area contributed by atoms with E-state index in [9.17, 15) is 14.4 Å². The minimum absolute atomic E-state index is 0.0677. The third-order valence-corrected chi connectivity index (χ3v) is 3.39. The number of nitrogens with two attached hydrogens (primary N) is 2. The Morgan fingerprint density at radius 2 is 1.84 bits per heavy atom. The first-order valence-electron chi connectivity index (χ1n) is 4.91. The molecule has 8 nitrogen and oxygen atoms in total. The second-order valence-electron chi connectivity index (χ2n) is 3.40. The van der Waals surface area contributed by atoms with Gasteiger partial charge in [-0.05, 0) is 0 Å². The van der Waals surface area contributed by atoms with E-state index in [1.165, 1.54) is 12.0 Å². The van der Waals surface area contributed by atoms with Gasteiger partial charge in [0.1, 0.15) is 0 Å². The number of nitrogens with zero attached hydrogens (tertiary/aromatic N) is 2. The zero-order valence-electron chi connectivity index (χ0n) is 9.88. The summed E-state index contributed by atoms with van der Waals surface area (Å²) >= 11 is 6.65. The SMILES string of the molecule is COC(=O)c1sc(N(CC(N)=O)CC(N)=O)nc1Cl.